The molecule has 0 aliphatic heterocycles. The smallest absolute Gasteiger partial charge is 0.307 e. The van der Waals surface area contributed by atoms with Gasteiger partial charge in [-0.2, -0.15) is 0 Å². The van der Waals surface area contributed by atoms with Crippen molar-refractivity contribution in [2.75, 3.05) is 13.7 Å². The molecular formula is C22H29NO3. The monoisotopic (exact) mass is 355 g/mol. The number of hydrogen-bond donors (Lipinski definition) is 1. The Labute approximate surface area is 156 Å². The third-order valence-corrected chi connectivity index (χ3v) is 4.31. The van der Waals surface area contributed by atoms with E-state index in [2.05, 4.69) is 36.5 Å². The number of ether oxygens (including phenoxy) is 2. The lowest BCUT2D eigenvalue weighted by Gasteiger charge is -2.25. The Morgan fingerprint density at radius 1 is 1.04 bits per heavy atom. The number of carbonyl (C=O) groups is 1. The molecule has 2 aromatic rings. The maximum Gasteiger partial charge on any atom is 0.307 e. The number of benzene rings is 2. The molecule has 4 nitrogen and oxygen atoms in total. The van der Waals surface area contributed by atoms with Gasteiger partial charge >= 0.3 is 5.97 Å². The van der Waals surface area contributed by atoms with Crippen molar-refractivity contribution in [3.05, 3.63) is 71.8 Å². The Balaban J connectivity index is 2.01. The molecule has 0 saturated heterocycles. The molecular weight excluding hydrogens is 326 g/mol. The van der Waals surface area contributed by atoms with Gasteiger partial charge in [-0.25, -0.2) is 0 Å². The molecule has 26 heavy (non-hydrogen) atoms. The second kappa shape index (κ2) is 11.4. The highest BCUT2D eigenvalue weighted by Gasteiger charge is 2.19. The van der Waals surface area contributed by atoms with E-state index < -0.39 is 0 Å². The van der Waals surface area contributed by atoms with Gasteiger partial charge in [0.25, 0.3) is 0 Å². The van der Waals surface area contributed by atoms with Gasteiger partial charge in [-0.05, 0) is 17.5 Å². The highest BCUT2D eigenvalue weighted by atomic mass is 16.5. The maximum absolute atomic E-state index is 11.7. The molecule has 0 spiro atoms. The van der Waals surface area contributed by atoms with Gasteiger partial charge in [0.1, 0.15) is 0 Å². The third kappa shape index (κ3) is 6.98. The van der Waals surface area contributed by atoms with Crippen molar-refractivity contribution in [2.45, 2.75) is 44.9 Å². The summed E-state index contributed by atoms with van der Waals surface area (Å²) in [5, 5.41) is 3.60. The maximum atomic E-state index is 11.7. The highest BCUT2D eigenvalue weighted by Crippen LogP contribution is 2.17. The fourth-order valence-corrected chi connectivity index (χ4v) is 2.96. The normalized spacial score (nSPS) is 13.2. The summed E-state index contributed by atoms with van der Waals surface area (Å²) in [6.07, 6.45) is 2.28. The van der Waals surface area contributed by atoms with E-state index in [9.17, 15) is 4.79 Å². The summed E-state index contributed by atoms with van der Waals surface area (Å²) in [6.45, 7) is 3.23. The fraction of sp³-hybridized carbons (Fsp3) is 0.409. The topological polar surface area (TPSA) is 47.6 Å². The standard InChI is InChI=1S/C22H29NO3/c1-3-10-20(15-22(24)25-2)23-21(19-13-8-5-9-14-19)17-26-16-18-11-6-4-7-12-18/h4-9,11-14,20-21,23H,3,10,15-17H2,1-2H3/t20-,21-/m0/s1. The van der Waals surface area contributed by atoms with Crippen molar-refractivity contribution >= 4 is 5.97 Å². The largest absolute Gasteiger partial charge is 0.469 e. The number of nitrogens with one attached hydrogen (secondary N) is 1. The van der Waals surface area contributed by atoms with Crippen molar-refractivity contribution in [3.63, 3.8) is 0 Å². The molecule has 140 valence electrons. The summed E-state index contributed by atoms with van der Waals surface area (Å²) >= 11 is 0. The Kier molecular flexibility index (Phi) is 8.87. The van der Waals surface area contributed by atoms with Crippen LogP contribution in [0.3, 0.4) is 0 Å². The second-order valence-electron chi connectivity index (χ2n) is 6.40. The lowest BCUT2D eigenvalue weighted by Crippen LogP contribution is -2.37. The summed E-state index contributed by atoms with van der Waals surface area (Å²) in [5.41, 5.74) is 2.31. The van der Waals surface area contributed by atoms with Crippen LogP contribution >= 0.6 is 0 Å². The van der Waals surface area contributed by atoms with Crippen molar-refractivity contribution < 1.29 is 14.3 Å². The third-order valence-electron chi connectivity index (χ3n) is 4.31. The van der Waals surface area contributed by atoms with Gasteiger partial charge in [0, 0.05) is 6.04 Å². The van der Waals surface area contributed by atoms with Gasteiger partial charge < -0.3 is 14.8 Å². The number of carbonyl (C=O) groups excluding carboxylic acids is 1. The van der Waals surface area contributed by atoms with E-state index in [-0.39, 0.29) is 18.1 Å². The van der Waals surface area contributed by atoms with Crippen molar-refractivity contribution in [3.8, 4) is 0 Å². The van der Waals surface area contributed by atoms with Crippen LogP contribution in [0, 0.1) is 0 Å². The highest BCUT2D eigenvalue weighted by molar-refractivity contribution is 5.69. The summed E-state index contributed by atoms with van der Waals surface area (Å²) < 4.78 is 10.8. The zero-order valence-electron chi connectivity index (χ0n) is 15.7. The van der Waals surface area contributed by atoms with E-state index in [1.807, 2.05) is 36.4 Å². The minimum atomic E-state index is -0.187. The first-order valence-electron chi connectivity index (χ1n) is 9.22. The molecule has 0 radical (unpaired) electrons. The first-order chi connectivity index (χ1) is 12.7. The van der Waals surface area contributed by atoms with Crippen LogP contribution in [0.15, 0.2) is 60.7 Å². The first kappa shape index (κ1) is 20.1. The van der Waals surface area contributed by atoms with Crippen LogP contribution in [-0.4, -0.2) is 25.7 Å². The van der Waals surface area contributed by atoms with Crippen LogP contribution in [0.25, 0.3) is 0 Å². The van der Waals surface area contributed by atoms with E-state index in [1.165, 1.54) is 7.11 Å². The Morgan fingerprint density at radius 3 is 2.31 bits per heavy atom. The van der Waals surface area contributed by atoms with Gasteiger partial charge in [-0.15, -0.1) is 0 Å². The quantitative estimate of drug-likeness (QED) is 0.612. The molecule has 0 aliphatic carbocycles. The molecule has 2 atom stereocenters. The molecule has 0 amide bonds. The summed E-state index contributed by atoms with van der Waals surface area (Å²) in [4.78, 5) is 11.7. The Morgan fingerprint density at radius 2 is 1.69 bits per heavy atom. The molecule has 0 unspecified atom stereocenters. The zero-order chi connectivity index (χ0) is 18.6. The minimum absolute atomic E-state index is 0.0288. The van der Waals surface area contributed by atoms with Crippen LogP contribution in [0.4, 0.5) is 0 Å². The van der Waals surface area contributed by atoms with Crippen LogP contribution in [0.5, 0.6) is 0 Å². The van der Waals surface area contributed by atoms with E-state index in [1.54, 1.807) is 0 Å². The number of methoxy groups -OCH3 is 1. The van der Waals surface area contributed by atoms with Crippen LogP contribution in [0.2, 0.25) is 0 Å². The van der Waals surface area contributed by atoms with Gasteiger partial charge in [0.2, 0.25) is 0 Å². The molecule has 4 heteroatoms. The predicted octanol–water partition coefficient (Wildman–Crippen LogP) is 4.27. The van der Waals surface area contributed by atoms with E-state index in [4.69, 9.17) is 9.47 Å². The van der Waals surface area contributed by atoms with Gasteiger partial charge in [0.05, 0.1) is 32.8 Å². The number of esters is 1. The summed E-state index contributed by atoms with van der Waals surface area (Å²) in [5.74, 6) is -0.187. The predicted molar refractivity (Wildman–Crippen MR) is 104 cm³/mol. The summed E-state index contributed by atoms with van der Waals surface area (Å²) in [7, 11) is 1.43. The van der Waals surface area contributed by atoms with Crippen LogP contribution in [0.1, 0.15) is 43.4 Å². The molecule has 1 N–H and O–H groups in total. The average molecular weight is 355 g/mol. The SMILES string of the molecule is CCC[C@@H](CC(=O)OC)N[C@@H](COCc1ccccc1)c1ccccc1. The molecule has 2 rings (SSSR count). The summed E-state index contributed by atoms with van der Waals surface area (Å²) in [6, 6.07) is 20.5. The second-order valence-corrected chi connectivity index (χ2v) is 6.40. The zero-order valence-corrected chi connectivity index (χ0v) is 15.7. The van der Waals surface area contributed by atoms with E-state index >= 15 is 0 Å². The molecule has 0 fully saturated rings. The lowest BCUT2D eigenvalue weighted by atomic mass is 10.0. The van der Waals surface area contributed by atoms with Crippen molar-refractivity contribution in [2.24, 2.45) is 0 Å². The molecule has 0 aromatic heterocycles. The number of rotatable bonds is 11. The molecule has 0 heterocycles. The fourth-order valence-electron chi connectivity index (χ4n) is 2.96. The van der Waals surface area contributed by atoms with Crippen molar-refractivity contribution in [1.29, 1.82) is 0 Å². The average Bonchev–Trinajstić information content (AvgIpc) is 2.68. The molecule has 0 bridgehead atoms. The lowest BCUT2D eigenvalue weighted by molar-refractivity contribution is -0.141. The van der Waals surface area contributed by atoms with Gasteiger partial charge in [0.15, 0.2) is 0 Å². The minimum Gasteiger partial charge on any atom is -0.469 e. The van der Waals surface area contributed by atoms with Crippen LogP contribution < -0.4 is 5.32 Å². The molecule has 0 saturated carbocycles. The van der Waals surface area contributed by atoms with Gasteiger partial charge in [-0.1, -0.05) is 74.0 Å². The Bertz CT molecular complexity index is 630. The van der Waals surface area contributed by atoms with Crippen molar-refractivity contribution in [1.82, 2.24) is 5.32 Å². The first-order valence-corrected chi connectivity index (χ1v) is 9.22. The molecule has 0 aliphatic rings. The van der Waals surface area contributed by atoms with E-state index in [0.717, 1.165) is 24.0 Å². The van der Waals surface area contributed by atoms with Gasteiger partial charge in [-0.3, -0.25) is 4.79 Å². The van der Waals surface area contributed by atoms with Crippen LogP contribution in [-0.2, 0) is 20.9 Å². The molecule has 2 aromatic carbocycles. The van der Waals surface area contributed by atoms with E-state index in [0.29, 0.717) is 19.6 Å². The Hall–Kier alpha value is -2.17. The number of hydrogen-bond acceptors (Lipinski definition) is 4.